The third kappa shape index (κ3) is 6.44. The Balaban J connectivity index is 1.37. The minimum absolute atomic E-state index is 0.123. The smallest absolute Gasteiger partial charge is 0.251 e. The maximum absolute atomic E-state index is 12.2. The summed E-state index contributed by atoms with van der Waals surface area (Å²) < 4.78 is 12.6. The van der Waals surface area contributed by atoms with E-state index in [4.69, 9.17) is 9.47 Å². The lowest BCUT2D eigenvalue weighted by Gasteiger charge is -2.13. The second-order valence-electron chi connectivity index (χ2n) is 6.66. The summed E-state index contributed by atoms with van der Waals surface area (Å²) in [5, 5.41) is 12.8. The summed E-state index contributed by atoms with van der Waals surface area (Å²) in [4.78, 5) is 16.3. The Labute approximate surface area is 169 Å². The van der Waals surface area contributed by atoms with Gasteiger partial charge in [-0.15, -0.1) is 0 Å². The number of ether oxygens (including phenoxy) is 2. The number of amides is 1. The molecule has 7 heteroatoms. The number of aliphatic hydroxyl groups is 1. The van der Waals surface area contributed by atoms with Crippen LogP contribution in [0.4, 0.5) is 0 Å². The lowest BCUT2D eigenvalue weighted by molar-refractivity contribution is 0.0285. The molecule has 0 aliphatic carbocycles. The van der Waals surface area contributed by atoms with Crippen LogP contribution in [0.15, 0.2) is 67.3 Å². The highest BCUT2D eigenvalue weighted by molar-refractivity contribution is 5.94. The Morgan fingerprint density at radius 3 is 2.52 bits per heavy atom. The van der Waals surface area contributed by atoms with E-state index in [0.717, 1.165) is 16.9 Å². The maximum Gasteiger partial charge on any atom is 0.251 e. The predicted octanol–water partition coefficient (Wildman–Crippen LogP) is 2.25. The Bertz CT molecular complexity index is 877. The Kier molecular flexibility index (Phi) is 7.38. The lowest BCUT2D eigenvalue weighted by atomic mass is 10.1. The zero-order valence-corrected chi connectivity index (χ0v) is 16.3. The fraction of sp³-hybridized carbons (Fsp3) is 0.273. The summed E-state index contributed by atoms with van der Waals surface area (Å²) in [7, 11) is 1.62. The van der Waals surface area contributed by atoms with Crippen LogP contribution in [0, 0.1) is 0 Å². The van der Waals surface area contributed by atoms with Crippen molar-refractivity contribution >= 4 is 5.91 Å². The lowest BCUT2D eigenvalue weighted by Crippen LogP contribution is -2.34. The average molecular weight is 395 g/mol. The number of aromatic nitrogens is 2. The zero-order chi connectivity index (χ0) is 20.5. The third-order valence-corrected chi connectivity index (χ3v) is 4.38. The summed E-state index contributed by atoms with van der Waals surface area (Å²) in [5.74, 6) is 0.555. The topological polar surface area (TPSA) is 85.6 Å². The quantitative estimate of drug-likeness (QED) is 0.550. The number of imidazole rings is 1. The van der Waals surface area contributed by atoms with Crippen LogP contribution in [0.1, 0.15) is 21.5 Å². The zero-order valence-electron chi connectivity index (χ0n) is 16.3. The number of methoxy groups -OCH3 is 1. The number of carbonyl (C=O) groups excluding carboxylic acids is 1. The molecule has 0 bridgehead atoms. The minimum Gasteiger partial charge on any atom is -0.497 e. The molecule has 1 unspecified atom stereocenters. The van der Waals surface area contributed by atoms with E-state index < -0.39 is 6.10 Å². The monoisotopic (exact) mass is 395 g/mol. The second-order valence-corrected chi connectivity index (χ2v) is 6.66. The van der Waals surface area contributed by atoms with E-state index in [-0.39, 0.29) is 19.1 Å². The summed E-state index contributed by atoms with van der Waals surface area (Å²) >= 11 is 0. The van der Waals surface area contributed by atoms with Crippen LogP contribution in [-0.4, -0.2) is 46.9 Å². The number of hydrogen-bond acceptors (Lipinski definition) is 5. The van der Waals surface area contributed by atoms with Gasteiger partial charge in [0.05, 0.1) is 32.8 Å². The second kappa shape index (κ2) is 10.4. The van der Waals surface area contributed by atoms with E-state index in [0.29, 0.717) is 18.7 Å². The molecule has 2 aromatic carbocycles. The van der Waals surface area contributed by atoms with Crippen LogP contribution < -0.4 is 10.1 Å². The van der Waals surface area contributed by atoms with E-state index in [1.165, 1.54) is 0 Å². The van der Waals surface area contributed by atoms with Gasteiger partial charge in [-0.2, -0.15) is 0 Å². The molecule has 0 radical (unpaired) electrons. The first-order valence-electron chi connectivity index (χ1n) is 9.35. The largest absolute Gasteiger partial charge is 0.497 e. The number of rotatable bonds is 10. The fourth-order valence-corrected chi connectivity index (χ4v) is 2.76. The van der Waals surface area contributed by atoms with Gasteiger partial charge in [0, 0.05) is 31.0 Å². The van der Waals surface area contributed by atoms with Gasteiger partial charge in [0.2, 0.25) is 0 Å². The molecule has 0 spiro atoms. The summed E-state index contributed by atoms with van der Waals surface area (Å²) in [5.41, 5.74) is 2.61. The van der Waals surface area contributed by atoms with E-state index >= 15 is 0 Å². The van der Waals surface area contributed by atoms with E-state index in [1.807, 2.05) is 47.2 Å². The van der Waals surface area contributed by atoms with E-state index in [1.54, 1.807) is 31.8 Å². The van der Waals surface area contributed by atoms with Crippen molar-refractivity contribution < 1.29 is 19.4 Å². The van der Waals surface area contributed by atoms with Crippen LogP contribution in [-0.2, 0) is 17.9 Å². The molecule has 7 nitrogen and oxygen atoms in total. The summed E-state index contributed by atoms with van der Waals surface area (Å²) in [6.45, 7) is 1.34. The molecule has 2 N–H and O–H groups in total. The van der Waals surface area contributed by atoms with Crippen LogP contribution in [0.3, 0.4) is 0 Å². The first-order valence-corrected chi connectivity index (χ1v) is 9.35. The van der Waals surface area contributed by atoms with Crippen molar-refractivity contribution in [1.82, 2.24) is 14.9 Å². The average Bonchev–Trinajstić information content (AvgIpc) is 3.26. The van der Waals surface area contributed by atoms with Crippen molar-refractivity contribution in [2.24, 2.45) is 0 Å². The van der Waals surface area contributed by atoms with Gasteiger partial charge in [0.15, 0.2) is 0 Å². The first-order chi connectivity index (χ1) is 14.1. The molecular formula is C22H25N3O4. The third-order valence-electron chi connectivity index (χ3n) is 4.38. The van der Waals surface area contributed by atoms with Gasteiger partial charge < -0.3 is 24.5 Å². The molecule has 1 heterocycles. The highest BCUT2D eigenvalue weighted by atomic mass is 16.5. The molecule has 0 saturated carbocycles. The SMILES string of the molecule is COc1ccc(COCC(O)CNC(=O)c2ccc(Cn3ccnc3)cc2)cc1. The van der Waals surface area contributed by atoms with Gasteiger partial charge in [-0.25, -0.2) is 4.98 Å². The van der Waals surface area contributed by atoms with Crippen LogP contribution in [0.5, 0.6) is 5.75 Å². The summed E-state index contributed by atoms with van der Waals surface area (Å²) in [6, 6.07) is 14.9. The van der Waals surface area contributed by atoms with Crippen LogP contribution in [0.2, 0.25) is 0 Å². The van der Waals surface area contributed by atoms with Crippen molar-refractivity contribution in [2.45, 2.75) is 19.3 Å². The van der Waals surface area contributed by atoms with Crippen LogP contribution >= 0.6 is 0 Å². The minimum atomic E-state index is -0.780. The number of nitrogens with zero attached hydrogens (tertiary/aromatic N) is 2. The molecule has 3 rings (SSSR count). The number of carbonyl (C=O) groups is 1. The highest BCUT2D eigenvalue weighted by Gasteiger charge is 2.10. The van der Waals surface area contributed by atoms with Gasteiger partial charge in [0.25, 0.3) is 5.91 Å². The maximum atomic E-state index is 12.2. The van der Waals surface area contributed by atoms with E-state index in [9.17, 15) is 9.90 Å². The van der Waals surface area contributed by atoms with Crippen molar-refractivity contribution in [3.05, 3.63) is 83.9 Å². The normalized spacial score (nSPS) is 11.8. The highest BCUT2D eigenvalue weighted by Crippen LogP contribution is 2.12. The number of nitrogens with one attached hydrogen (secondary N) is 1. The molecule has 1 amide bonds. The molecule has 152 valence electrons. The molecule has 1 atom stereocenters. The molecule has 0 fully saturated rings. The molecule has 0 aliphatic rings. The fourth-order valence-electron chi connectivity index (χ4n) is 2.76. The Morgan fingerprint density at radius 1 is 1.14 bits per heavy atom. The van der Waals surface area contributed by atoms with Crippen LogP contribution in [0.25, 0.3) is 0 Å². The van der Waals surface area contributed by atoms with E-state index in [2.05, 4.69) is 10.3 Å². The molecule has 0 saturated heterocycles. The van der Waals surface area contributed by atoms with Crippen molar-refractivity contribution in [3.63, 3.8) is 0 Å². The predicted molar refractivity (Wildman–Crippen MR) is 109 cm³/mol. The Hall–Kier alpha value is -3.16. The molecular weight excluding hydrogens is 370 g/mol. The standard InChI is InChI=1S/C22H25N3O4/c1-28-21-8-4-18(5-9-21)14-29-15-20(26)12-24-22(27)19-6-2-17(3-7-19)13-25-11-10-23-16-25/h2-11,16,20,26H,12-15H2,1H3,(H,24,27). The van der Waals surface area contributed by atoms with Gasteiger partial charge in [0.1, 0.15) is 5.75 Å². The van der Waals surface area contributed by atoms with Gasteiger partial charge in [-0.3, -0.25) is 4.79 Å². The van der Waals surface area contributed by atoms with Gasteiger partial charge in [-0.05, 0) is 35.4 Å². The Morgan fingerprint density at radius 2 is 1.86 bits per heavy atom. The molecule has 0 aliphatic heterocycles. The van der Waals surface area contributed by atoms with Crippen molar-refractivity contribution in [1.29, 1.82) is 0 Å². The van der Waals surface area contributed by atoms with Gasteiger partial charge >= 0.3 is 0 Å². The molecule has 3 aromatic rings. The number of benzene rings is 2. The number of hydrogen-bond donors (Lipinski definition) is 2. The van der Waals surface area contributed by atoms with Crippen molar-refractivity contribution in [3.8, 4) is 5.75 Å². The number of aliphatic hydroxyl groups excluding tert-OH is 1. The van der Waals surface area contributed by atoms with Gasteiger partial charge in [-0.1, -0.05) is 24.3 Å². The first kappa shape index (κ1) is 20.6. The van der Waals surface area contributed by atoms with Crippen molar-refractivity contribution in [2.75, 3.05) is 20.3 Å². The summed E-state index contributed by atoms with van der Waals surface area (Å²) in [6.07, 6.45) is 4.59. The molecule has 1 aromatic heterocycles. The molecule has 29 heavy (non-hydrogen) atoms.